The molecule has 0 aliphatic heterocycles. The average molecular weight is 142 g/mol. The van der Waals surface area contributed by atoms with Crippen molar-refractivity contribution >= 4 is 24.7 Å². The Bertz CT molecular complexity index is 15.5. The minimum Gasteiger partial charge on any atom is -0.907 e. The van der Waals surface area contributed by atoms with Crippen LogP contribution in [-0.2, 0) is 17.1 Å². The second-order valence-electron chi connectivity index (χ2n) is 0.289. The fraction of sp³-hybridized carbons (Fsp3) is 0. The largest absolute Gasteiger partial charge is 3.00 e. The minimum absolute atomic E-state index is 0. The number of hydrogen-bond donors (Lipinski definition) is 0. The van der Waals surface area contributed by atoms with E-state index in [9.17, 15) is 0 Å². The molecule has 0 spiro atoms. The molecule has 3 nitrogen and oxygen atoms in total. The first-order valence-corrected chi connectivity index (χ1v) is 0.707. The van der Waals surface area contributed by atoms with Gasteiger partial charge in [0, 0.05) is 17.1 Å². The molecular weight excluding hydrogens is 142 g/mol. The van der Waals surface area contributed by atoms with Gasteiger partial charge in [-0.1, -0.05) is 0 Å². The van der Waals surface area contributed by atoms with Crippen molar-refractivity contribution in [2.75, 3.05) is 0 Å². The van der Waals surface area contributed by atoms with Crippen LogP contribution in [0.1, 0.15) is 0 Å². The summed E-state index contributed by atoms with van der Waals surface area (Å²) in [5, 5.41) is 25.2. The second-order valence-corrected chi connectivity index (χ2v) is 0.289. The maximum atomic E-state index is 8.42. The number of hydrogen-bond acceptors (Lipinski definition) is 3. The van der Waals surface area contributed by atoms with Crippen LogP contribution in [0.3, 0.4) is 0 Å². The van der Waals surface area contributed by atoms with Gasteiger partial charge in [0.2, 0.25) is 0 Å². The number of rotatable bonds is 0. The average Bonchev–Trinajstić information content (AvgIpc) is 0.811. The molecule has 0 saturated carbocycles. The summed E-state index contributed by atoms with van der Waals surface area (Å²) in [6, 6.07) is 0. The Hall–Kier alpha value is 0.997. The van der Waals surface area contributed by atoms with Crippen molar-refractivity contribution < 1.29 is 32.1 Å². The van der Waals surface area contributed by atoms with Gasteiger partial charge in [-0.05, 0) is 0 Å². The molecule has 0 aromatic heterocycles. The van der Waals surface area contributed by atoms with Crippen LogP contribution in [-0.4, -0.2) is 24.7 Å². The van der Waals surface area contributed by atoms with E-state index in [0.717, 1.165) is 0 Å². The second kappa shape index (κ2) is 9.37. The standard InChI is InChI=1S/Al.BO3.Fe/c;2-1(3)4;/q+3;-3;. The van der Waals surface area contributed by atoms with E-state index < -0.39 is 7.32 Å². The van der Waals surface area contributed by atoms with E-state index in [1.54, 1.807) is 0 Å². The Kier molecular flexibility index (Phi) is 24.6. The molecule has 0 unspecified atom stereocenters. The predicted octanol–water partition coefficient (Wildman–Crippen LogP) is -4.33. The van der Waals surface area contributed by atoms with Gasteiger partial charge in [-0.25, -0.2) is 0 Å². The van der Waals surface area contributed by atoms with E-state index in [0.29, 0.717) is 0 Å². The van der Waals surface area contributed by atoms with Gasteiger partial charge in [-0.3, -0.25) is 7.32 Å². The molecule has 0 bridgehead atoms. The molecule has 0 atom stereocenters. The van der Waals surface area contributed by atoms with Crippen LogP contribution in [0, 0.1) is 0 Å². The molecule has 0 fully saturated rings. The van der Waals surface area contributed by atoms with Crippen molar-refractivity contribution in [1.29, 1.82) is 0 Å². The quantitative estimate of drug-likeness (QED) is 0.321. The van der Waals surface area contributed by atoms with Crippen molar-refractivity contribution in [1.82, 2.24) is 0 Å². The topological polar surface area (TPSA) is 69.2 Å². The van der Waals surface area contributed by atoms with E-state index in [4.69, 9.17) is 15.1 Å². The third-order valence-corrected chi connectivity index (χ3v) is 0. The van der Waals surface area contributed by atoms with Gasteiger partial charge in [0.25, 0.3) is 0 Å². The molecule has 0 aliphatic carbocycles. The Balaban J connectivity index is -0.0000000450. The summed E-state index contributed by atoms with van der Waals surface area (Å²) in [5.74, 6) is 0. The molecule has 0 amide bonds. The Morgan fingerprint density at radius 1 is 1.00 bits per heavy atom. The predicted molar refractivity (Wildman–Crippen MR) is 11.5 cm³/mol. The summed E-state index contributed by atoms with van der Waals surface area (Å²) in [6.07, 6.45) is 0. The Morgan fingerprint density at radius 3 is 1.00 bits per heavy atom. The molecule has 0 saturated heterocycles. The molecule has 32 valence electrons. The fourth-order valence-electron chi connectivity index (χ4n) is 0. The first-order chi connectivity index (χ1) is 1.73. The monoisotopic (exact) mass is 142 g/mol. The zero-order valence-electron chi connectivity index (χ0n) is 2.73. The van der Waals surface area contributed by atoms with E-state index in [-0.39, 0.29) is 34.4 Å². The third-order valence-electron chi connectivity index (χ3n) is 0. The van der Waals surface area contributed by atoms with Crippen molar-refractivity contribution in [3.05, 3.63) is 0 Å². The van der Waals surface area contributed by atoms with Crippen LogP contribution in [0.4, 0.5) is 0 Å². The van der Waals surface area contributed by atoms with Crippen LogP contribution in [0.25, 0.3) is 0 Å². The molecular formula is AlBFeO3. The van der Waals surface area contributed by atoms with Gasteiger partial charge in [0.1, 0.15) is 0 Å². The van der Waals surface area contributed by atoms with Crippen LogP contribution in [0.15, 0.2) is 0 Å². The zero-order valence-corrected chi connectivity index (χ0v) is 4.99. The maximum absolute atomic E-state index is 8.42. The smallest absolute Gasteiger partial charge is 0.907 e. The normalized spacial score (nSPS) is 4.50. The summed E-state index contributed by atoms with van der Waals surface area (Å²) in [6.45, 7) is 0. The molecule has 0 aromatic rings. The van der Waals surface area contributed by atoms with Gasteiger partial charge in [0.05, 0.1) is 0 Å². The van der Waals surface area contributed by atoms with Crippen LogP contribution < -0.4 is 15.1 Å². The van der Waals surface area contributed by atoms with Gasteiger partial charge in [0.15, 0.2) is 0 Å². The molecule has 0 N–H and O–H groups in total. The summed E-state index contributed by atoms with van der Waals surface area (Å²) in [5.41, 5.74) is 0. The molecule has 6 heteroatoms. The van der Waals surface area contributed by atoms with Crippen molar-refractivity contribution in [3.8, 4) is 0 Å². The Morgan fingerprint density at radius 2 is 1.00 bits per heavy atom. The van der Waals surface area contributed by atoms with Crippen LogP contribution in [0.2, 0.25) is 0 Å². The van der Waals surface area contributed by atoms with Gasteiger partial charge < -0.3 is 15.1 Å². The molecule has 0 aliphatic rings. The summed E-state index contributed by atoms with van der Waals surface area (Å²) in [4.78, 5) is 0. The van der Waals surface area contributed by atoms with Gasteiger partial charge in [-0.15, -0.1) is 0 Å². The van der Waals surface area contributed by atoms with E-state index in [1.807, 2.05) is 0 Å². The Labute approximate surface area is 57.2 Å². The fourth-order valence-corrected chi connectivity index (χ4v) is 0. The van der Waals surface area contributed by atoms with Gasteiger partial charge in [-0.2, -0.15) is 0 Å². The van der Waals surface area contributed by atoms with E-state index >= 15 is 0 Å². The first kappa shape index (κ1) is 15.8. The van der Waals surface area contributed by atoms with Gasteiger partial charge >= 0.3 is 17.4 Å². The van der Waals surface area contributed by atoms with E-state index in [2.05, 4.69) is 0 Å². The third kappa shape index (κ3) is 80.3. The summed E-state index contributed by atoms with van der Waals surface area (Å²) >= 11 is 0. The molecule has 0 rings (SSSR count). The maximum Gasteiger partial charge on any atom is 3.00 e. The van der Waals surface area contributed by atoms with Crippen LogP contribution in [0.5, 0.6) is 0 Å². The molecule has 0 heterocycles. The van der Waals surface area contributed by atoms with Crippen molar-refractivity contribution in [2.45, 2.75) is 0 Å². The molecule has 0 radical (unpaired) electrons. The molecule has 6 heavy (non-hydrogen) atoms. The van der Waals surface area contributed by atoms with Crippen LogP contribution >= 0.6 is 0 Å². The zero-order chi connectivity index (χ0) is 3.58. The van der Waals surface area contributed by atoms with Crippen molar-refractivity contribution in [2.24, 2.45) is 0 Å². The minimum atomic E-state index is -2.92. The SMILES string of the molecule is [Al+3].[Fe].[O-]B([O-])[O-]. The molecule has 0 aromatic carbocycles. The first-order valence-electron chi connectivity index (χ1n) is 0.707. The summed E-state index contributed by atoms with van der Waals surface area (Å²) in [7, 11) is -2.92. The van der Waals surface area contributed by atoms with E-state index in [1.165, 1.54) is 0 Å². The summed E-state index contributed by atoms with van der Waals surface area (Å²) < 4.78 is 0. The van der Waals surface area contributed by atoms with Crippen molar-refractivity contribution in [3.63, 3.8) is 0 Å².